The molecule has 1 N–H and O–H groups in total. The first-order valence-electron chi connectivity index (χ1n) is 5.73. The number of hydrogen-bond acceptors (Lipinski definition) is 4. The Kier molecular flexibility index (Phi) is 3.24. The molecule has 0 aromatic carbocycles. The fraction of sp³-hybridized carbons (Fsp3) is 0.636. The highest BCUT2D eigenvalue weighted by atomic mass is 16.1. The predicted molar refractivity (Wildman–Crippen MR) is 63.9 cm³/mol. The van der Waals surface area contributed by atoms with Crippen molar-refractivity contribution in [1.82, 2.24) is 14.9 Å². The third-order valence-corrected chi connectivity index (χ3v) is 2.94. The Balaban J connectivity index is 2.20. The normalized spacial score (nSPS) is 17.8. The van der Waals surface area contributed by atoms with Crippen molar-refractivity contribution in [2.45, 2.75) is 13.3 Å². The molecule has 2 rings (SSSR count). The highest BCUT2D eigenvalue weighted by molar-refractivity contribution is 5.38. The number of nitrogens with zero attached hydrogens (tertiary/aromatic N) is 3. The molecule has 0 unspecified atom stereocenters. The monoisotopic (exact) mass is 222 g/mol. The van der Waals surface area contributed by atoms with Crippen LogP contribution in [-0.4, -0.2) is 48.1 Å². The Labute approximate surface area is 95.1 Å². The van der Waals surface area contributed by atoms with Gasteiger partial charge in [0.25, 0.3) is 5.56 Å². The lowest BCUT2D eigenvalue weighted by Gasteiger charge is -2.33. The number of aromatic amines is 1. The van der Waals surface area contributed by atoms with Crippen molar-refractivity contribution in [3.05, 3.63) is 22.2 Å². The van der Waals surface area contributed by atoms with Gasteiger partial charge in [0.15, 0.2) is 0 Å². The van der Waals surface area contributed by atoms with Crippen molar-refractivity contribution in [2.24, 2.45) is 0 Å². The Morgan fingerprint density at radius 2 is 2.06 bits per heavy atom. The van der Waals surface area contributed by atoms with Gasteiger partial charge in [0.2, 0.25) is 0 Å². The molecule has 1 saturated heterocycles. The number of piperazine rings is 1. The number of likely N-dealkylation sites (N-methyl/N-ethyl adjacent to an activating group) is 1. The first kappa shape index (κ1) is 11.1. The van der Waals surface area contributed by atoms with Crippen molar-refractivity contribution >= 4 is 5.82 Å². The van der Waals surface area contributed by atoms with Crippen LogP contribution in [0.5, 0.6) is 0 Å². The van der Waals surface area contributed by atoms with Gasteiger partial charge in [-0.25, -0.2) is 4.98 Å². The molecule has 1 aliphatic heterocycles. The topological polar surface area (TPSA) is 52.2 Å². The van der Waals surface area contributed by atoms with E-state index in [0.29, 0.717) is 0 Å². The second-order valence-corrected chi connectivity index (χ2v) is 4.19. The highest BCUT2D eigenvalue weighted by Crippen LogP contribution is 2.10. The minimum Gasteiger partial charge on any atom is -0.354 e. The second kappa shape index (κ2) is 4.65. The second-order valence-electron chi connectivity index (χ2n) is 4.19. The van der Waals surface area contributed by atoms with Gasteiger partial charge in [-0.2, -0.15) is 0 Å². The number of hydrogen-bond donors (Lipinski definition) is 1. The zero-order valence-corrected chi connectivity index (χ0v) is 9.86. The minimum atomic E-state index is -0.0548. The molecule has 0 aliphatic carbocycles. The molecular weight excluding hydrogens is 204 g/mol. The average molecular weight is 222 g/mol. The largest absolute Gasteiger partial charge is 0.354 e. The number of aromatic nitrogens is 2. The van der Waals surface area contributed by atoms with E-state index in [0.717, 1.165) is 44.2 Å². The molecule has 0 atom stereocenters. The fourth-order valence-electron chi connectivity index (χ4n) is 1.86. The van der Waals surface area contributed by atoms with E-state index in [1.54, 1.807) is 6.07 Å². The van der Waals surface area contributed by atoms with Gasteiger partial charge in [-0.15, -0.1) is 0 Å². The van der Waals surface area contributed by atoms with Crippen molar-refractivity contribution in [1.29, 1.82) is 0 Å². The summed E-state index contributed by atoms with van der Waals surface area (Å²) in [5, 5.41) is 0. The summed E-state index contributed by atoms with van der Waals surface area (Å²) in [6.07, 6.45) is 0.761. The first-order valence-corrected chi connectivity index (χ1v) is 5.73. The van der Waals surface area contributed by atoms with E-state index >= 15 is 0 Å². The number of rotatable bonds is 2. The van der Waals surface area contributed by atoms with Crippen LogP contribution in [0.1, 0.15) is 12.7 Å². The number of aryl methyl sites for hydroxylation is 1. The van der Waals surface area contributed by atoms with Gasteiger partial charge >= 0.3 is 0 Å². The van der Waals surface area contributed by atoms with Crippen LogP contribution in [0.3, 0.4) is 0 Å². The van der Waals surface area contributed by atoms with Crippen LogP contribution < -0.4 is 10.5 Å². The van der Waals surface area contributed by atoms with E-state index in [1.807, 2.05) is 6.92 Å². The van der Waals surface area contributed by atoms with E-state index in [9.17, 15) is 4.79 Å². The van der Waals surface area contributed by atoms with Crippen LogP contribution in [-0.2, 0) is 6.42 Å². The van der Waals surface area contributed by atoms with Gasteiger partial charge in [0.05, 0.1) is 0 Å². The van der Waals surface area contributed by atoms with E-state index < -0.39 is 0 Å². The van der Waals surface area contributed by atoms with Gasteiger partial charge in [-0.05, 0) is 7.05 Å². The van der Waals surface area contributed by atoms with Crippen LogP contribution in [0.4, 0.5) is 5.82 Å². The van der Waals surface area contributed by atoms with Crippen LogP contribution in [0.25, 0.3) is 0 Å². The zero-order chi connectivity index (χ0) is 11.5. The summed E-state index contributed by atoms with van der Waals surface area (Å²) in [5.41, 5.74) is -0.0548. The lowest BCUT2D eigenvalue weighted by molar-refractivity contribution is 0.312. The number of nitrogens with one attached hydrogen (secondary N) is 1. The van der Waals surface area contributed by atoms with Crippen molar-refractivity contribution in [3.63, 3.8) is 0 Å². The van der Waals surface area contributed by atoms with E-state index in [2.05, 4.69) is 26.8 Å². The maximum Gasteiger partial charge on any atom is 0.252 e. The lowest BCUT2D eigenvalue weighted by Crippen LogP contribution is -2.45. The quantitative estimate of drug-likeness (QED) is 0.770. The Bertz CT molecular complexity index is 407. The van der Waals surface area contributed by atoms with Gasteiger partial charge in [-0.3, -0.25) is 4.79 Å². The maximum atomic E-state index is 11.4. The van der Waals surface area contributed by atoms with Gasteiger partial charge in [0, 0.05) is 38.7 Å². The van der Waals surface area contributed by atoms with Crippen LogP contribution in [0.2, 0.25) is 0 Å². The molecule has 5 nitrogen and oxygen atoms in total. The van der Waals surface area contributed by atoms with Crippen molar-refractivity contribution in [3.8, 4) is 0 Å². The number of anilines is 1. The summed E-state index contributed by atoms with van der Waals surface area (Å²) in [6.45, 7) is 5.92. The molecule has 0 bridgehead atoms. The lowest BCUT2D eigenvalue weighted by atomic mass is 10.3. The average Bonchev–Trinajstić information content (AvgIpc) is 2.29. The van der Waals surface area contributed by atoms with Crippen molar-refractivity contribution < 1.29 is 0 Å². The molecule has 88 valence electrons. The summed E-state index contributed by atoms with van der Waals surface area (Å²) in [7, 11) is 2.11. The molecule has 2 heterocycles. The summed E-state index contributed by atoms with van der Waals surface area (Å²) in [4.78, 5) is 23.1. The molecule has 16 heavy (non-hydrogen) atoms. The SMILES string of the molecule is CCc1nc(N2CCN(C)CC2)cc(=O)[nH]1. The predicted octanol–water partition coefficient (Wildman–Crippen LogP) is 0.0841. The summed E-state index contributed by atoms with van der Waals surface area (Å²) < 4.78 is 0. The summed E-state index contributed by atoms with van der Waals surface area (Å²) in [6, 6.07) is 1.59. The van der Waals surface area contributed by atoms with Crippen LogP contribution in [0, 0.1) is 0 Å². The molecule has 0 spiro atoms. The molecule has 1 aromatic heterocycles. The van der Waals surface area contributed by atoms with Crippen molar-refractivity contribution in [2.75, 3.05) is 38.1 Å². The molecule has 0 amide bonds. The fourth-order valence-corrected chi connectivity index (χ4v) is 1.86. The Hall–Kier alpha value is -1.36. The molecular formula is C11H18N4O. The standard InChI is InChI=1S/C11H18N4O/c1-3-9-12-10(8-11(16)13-9)15-6-4-14(2)5-7-15/h8H,3-7H2,1-2H3,(H,12,13,16). The maximum absolute atomic E-state index is 11.4. The Morgan fingerprint density at radius 3 is 2.69 bits per heavy atom. The molecule has 1 aromatic rings. The van der Waals surface area contributed by atoms with E-state index in [-0.39, 0.29) is 5.56 Å². The van der Waals surface area contributed by atoms with E-state index in [4.69, 9.17) is 0 Å². The van der Waals surface area contributed by atoms with Crippen LogP contribution >= 0.6 is 0 Å². The number of H-pyrrole nitrogens is 1. The third-order valence-electron chi connectivity index (χ3n) is 2.94. The molecule has 0 radical (unpaired) electrons. The highest BCUT2D eigenvalue weighted by Gasteiger charge is 2.15. The molecule has 5 heteroatoms. The summed E-state index contributed by atoms with van der Waals surface area (Å²) in [5.74, 6) is 1.58. The molecule has 0 saturated carbocycles. The van der Waals surface area contributed by atoms with Gasteiger partial charge in [-0.1, -0.05) is 6.92 Å². The van der Waals surface area contributed by atoms with Gasteiger partial charge < -0.3 is 14.8 Å². The zero-order valence-electron chi connectivity index (χ0n) is 9.86. The minimum absolute atomic E-state index is 0.0548. The van der Waals surface area contributed by atoms with Gasteiger partial charge in [0.1, 0.15) is 11.6 Å². The Morgan fingerprint density at radius 1 is 1.38 bits per heavy atom. The molecule has 1 fully saturated rings. The van der Waals surface area contributed by atoms with Crippen LogP contribution in [0.15, 0.2) is 10.9 Å². The third kappa shape index (κ3) is 2.41. The molecule has 1 aliphatic rings. The first-order chi connectivity index (χ1) is 7.69. The van der Waals surface area contributed by atoms with E-state index in [1.165, 1.54) is 0 Å². The summed E-state index contributed by atoms with van der Waals surface area (Å²) >= 11 is 0. The smallest absolute Gasteiger partial charge is 0.252 e.